The van der Waals surface area contributed by atoms with Crippen LogP contribution in [-0.4, -0.2) is 3.92 Å². The van der Waals surface area contributed by atoms with Gasteiger partial charge in [0.05, 0.1) is 0 Å². The zero-order valence-corrected chi connectivity index (χ0v) is 8.76. The highest BCUT2D eigenvalue weighted by molar-refractivity contribution is 14.1. The fourth-order valence-corrected chi connectivity index (χ4v) is 2.64. The first-order valence-electron chi connectivity index (χ1n) is 3.98. The lowest BCUT2D eigenvalue weighted by Crippen LogP contribution is -1.92. The third-order valence-corrected chi connectivity index (χ3v) is 3.13. The molecule has 1 aromatic carbocycles. The quantitative estimate of drug-likeness (QED) is 0.496. The minimum Gasteiger partial charge on any atom is -0.0819 e. The van der Waals surface area contributed by atoms with Gasteiger partial charge in [-0.25, -0.2) is 0 Å². The highest BCUT2D eigenvalue weighted by Gasteiger charge is 2.17. The first-order valence-corrected chi connectivity index (χ1v) is 5.23. The summed E-state index contributed by atoms with van der Waals surface area (Å²) in [5.74, 6) is 0. The Morgan fingerprint density at radius 1 is 1.27 bits per heavy atom. The third kappa shape index (κ3) is 1.43. The molecule has 0 heterocycles. The number of alkyl halides is 1. The van der Waals surface area contributed by atoms with E-state index in [0.29, 0.717) is 0 Å². The van der Waals surface area contributed by atoms with Crippen LogP contribution in [0.4, 0.5) is 0 Å². The topological polar surface area (TPSA) is 0 Å². The molecule has 0 saturated carbocycles. The van der Waals surface area contributed by atoms with Gasteiger partial charge in [0.2, 0.25) is 0 Å². The molecule has 1 aliphatic rings. The van der Waals surface area contributed by atoms with Crippen molar-refractivity contribution < 1.29 is 0 Å². The van der Waals surface area contributed by atoms with E-state index in [0.717, 1.165) is 3.92 Å². The van der Waals surface area contributed by atoms with E-state index >= 15 is 0 Å². The van der Waals surface area contributed by atoms with Gasteiger partial charge in [0, 0.05) is 3.92 Å². The van der Waals surface area contributed by atoms with Gasteiger partial charge in [-0.15, -0.1) is 0 Å². The first-order chi connectivity index (χ1) is 5.25. The number of hydrogen-bond donors (Lipinski definition) is 0. The van der Waals surface area contributed by atoms with E-state index in [2.05, 4.69) is 47.7 Å². The molecular weight excluding hydrogens is 247 g/mol. The number of aryl methyl sites for hydroxylation is 1. The number of fused-ring (bicyclic) bond motifs is 1. The van der Waals surface area contributed by atoms with E-state index in [1.165, 1.54) is 18.4 Å². The number of rotatable bonds is 0. The smallest absolute Gasteiger partial charge is 0.0191 e. The second-order valence-corrected chi connectivity index (χ2v) is 5.04. The van der Waals surface area contributed by atoms with Crippen molar-refractivity contribution in [2.75, 3.05) is 0 Å². The van der Waals surface area contributed by atoms with E-state index in [-0.39, 0.29) is 0 Å². The summed E-state index contributed by atoms with van der Waals surface area (Å²) < 4.78 is 0.837. The second-order valence-electron chi connectivity index (χ2n) is 3.28. The first kappa shape index (κ1) is 7.59. The molecule has 0 N–H and O–H groups in total. The average molecular weight is 258 g/mol. The van der Waals surface area contributed by atoms with Gasteiger partial charge in [0.1, 0.15) is 0 Å². The van der Waals surface area contributed by atoms with Gasteiger partial charge in [0.15, 0.2) is 0 Å². The summed E-state index contributed by atoms with van der Waals surface area (Å²) >= 11 is 2.54. The van der Waals surface area contributed by atoms with Crippen LogP contribution in [0.25, 0.3) is 0 Å². The van der Waals surface area contributed by atoms with Crippen LogP contribution in [-0.2, 0) is 12.8 Å². The Kier molecular flexibility index (Phi) is 1.91. The molecule has 0 bridgehead atoms. The number of benzene rings is 1. The Labute approximate surface area is 81.1 Å². The maximum Gasteiger partial charge on any atom is 0.0191 e. The molecule has 1 heteroatoms. The third-order valence-electron chi connectivity index (χ3n) is 2.24. The molecule has 1 unspecified atom stereocenters. The molecule has 0 nitrogen and oxygen atoms in total. The fraction of sp³-hybridized carbons (Fsp3) is 0.400. The number of hydrogen-bond acceptors (Lipinski definition) is 0. The second kappa shape index (κ2) is 2.77. The van der Waals surface area contributed by atoms with Gasteiger partial charge in [-0.3, -0.25) is 0 Å². The Morgan fingerprint density at radius 2 is 2.00 bits per heavy atom. The summed E-state index contributed by atoms with van der Waals surface area (Å²) in [6.45, 7) is 2.17. The minimum atomic E-state index is 0.837. The summed E-state index contributed by atoms with van der Waals surface area (Å²) in [5, 5.41) is 0. The predicted molar refractivity (Wildman–Crippen MR) is 56.4 cm³/mol. The van der Waals surface area contributed by atoms with E-state index in [1.54, 1.807) is 11.1 Å². The fourth-order valence-electron chi connectivity index (χ4n) is 1.69. The van der Waals surface area contributed by atoms with Crippen molar-refractivity contribution in [2.45, 2.75) is 23.7 Å². The standard InChI is InChI=1S/C10H11I/c1-7-2-3-8-5-10(11)6-9(8)4-7/h2-4,10H,5-6H2,1H3. The molecule has 0 saturated heterocycles. The molecule has 11 heavy (non-hydrogen) atoms. The zero-order valence-electron chi connectivity index (χ0n) is 6.60. The van der Waals surface area contributed by atoms with Crippen molar-refractivity contribution in [3.63, 3.8) is 0 Å². The van der Waals surface area contributed by atoms with Crippen molar-refractivity contribution in [2.24, 2.45) is 0 Å². The summed E-state index contributed by atoms with van der Waals surface area (Å²) in [6.07, 6.45) is 2.55. The molecular formula is C10H11I. The van der Waals surface area contributed by atoms with Crippen LogP contribution in [0, 0.1) is 6.92 Å². The Morgan fingerprint density at radius 3 is 2.82 bits per heavy atom. The molecule has 0 amide bonds. The van der Waals surface area contributed by atoms with Crippen LogP contribution in [0.5, 0.6) is 0 Å². The Hall–Kier alpha value is -0.0500. The molecule has 1 atom stereocenters. The molecule has 1 aliphatic carbocycles. The normalized spacial score (nSPS) is 21.8. The predicted octanol–water partition coefficient (Wildman–Crippen LogP) is 2.90. The van der Waals surface area contributed by atoms with E-state index < -0.39 is 0 Å². The van der Waals surface area contributed by atoms with E-state index in [4.69, 9.17) is 0 Å². The average Bonchev–Trinajstić information content (AvgIpc) is 2.27. The van der Waals surface area contributed by atoms with Crippen LogP contribution < -0.4 is 0 Å². The van der Waals surface area contributed by atoms with Crippen molar-refractivity contribution in [1.82, 2.24) is 0 Å². The van der Waals surface area contributed by atoms with Gasteiger partial charge in [-0.05, 0) is 30.9 Å². The molecule has 0 fully saturated rings. The highest BCUT2D eigenvalue weighted by Crippen LogP contribution is 2.27. The van der Waals surface area contributed by atoms with Crippen molar-refractivity contribution in [3.05, 3.63) is 34.9 Å². The van der Waals surface area contributed by atoms with Crippen molar-refractivity contribution >= 4 is 22.6 Å². The molecule has 58 valence electrons. The lowest BCUT2D eigenvalue weighted by atomic mass is 10.1. The van der Waals surface area contributed by atoms with Gasteiger partial charge in [-0.2, -0.15) is 0 Å². The van der Waals surface area contributed by atoms with Crippen LogP contribution in [0.15, 0.2) is 18.2 Å². The molecule has 0 radical (unpaired) electrons. The Bertz CT molecular complexity index is 278. The maximum atomic E-state index is 2.54. The summed E-state index contributed by atoms with van der Waals surface area (Å²) in [7, 11) is 0. The van der Waals surface area contributed by atoms with Gasteiger partial charge in [0.25, 0.3) is 0 Å². The van der Waals surface area contributed by atoms with Gasteiger partial charge in [-0.1, -0.05) is 46.4 Å². The monoisotopic (exact) mass is 258 g/mol. The van der Waals surface area contributed by atoms with Crippen LogP contribution >= 0.6 is 22.6 Å². The van der Waals surface area contributed by atoms with Gasteiger partial charge >= 0.3 is 0 Å². The Balaban J connectivity index is 2.43. The molecule has 0 spiro atoms. The summed E-state index contributed by atoms with van der Waals surface area (Å²) in [4.78, 5) is 0. The van der Waals surface area contributed by atoms with E-state index in [1.807, 2.05) is 0 Å². The van der Waals surface area contributed by atoms with Crippen LogP contribution in [0.2, 0.25) is 0 Å². The summed E-state index contributed by atoms with van der Waals surface area (Å²) in [6, 6.07) is 6.82. The van der Waals surface area contributed by atoms with Crippen molar-refractivity contribution in [3.8, 4) is 0 Å². The van der Waals surface area contributed by atoms with Crippen molar-refractivity contribution in [1.29, 1.82) is 0 Å². The van der Waals surface area contributed by atoms with Gasteiger partial charge < -0.3 is 0 Å². The highest BCUT2D eigenvalue weighted by atomic mass is 127. The zero-order chi connectivity index (χ0) is 7.84. The lowest BCUT2D eigenvalue weighted by Gasteiger charge is -1.97. The van der Waals surface area contributed by atoms with Crippen LogP contribution in [0.3, 0.4) is 0 Å². The largest absolute Gasteiger partial charge is 0.0819 e. The molecule has 1 aromatic rings. The molecule has 2 rings (SSSR count). The molecule has 0 aliphatic heterocycles. The SMILES string of the molecule is Cc1ccc2c(c1)CC(I)C2. The van der Waals surface area contributed by atoms with Crippen LogP contribution in [0.1, 0.15) is 16.7 Å². The minimum absolute atomic E-state index is 0.837. The summed E-state index contributed by atoms with van der Waals surface area (Å²) in [5.41, 5.74) is 4.54. The number of halogens is 1. The lowest BCUT2D eigenvalue weighted by molar-refractivity contribution is 0.972. The maximum absolute atomic E-state index is 2.54. The van der Waals surface area contributed by atoms with E-state index in [9.17, 15) is 0 Å². The molecule has 0 aromatic heterocycles.